The number of hydrogen-bond donors (Lipinski definition) is 5. The van der Waals surface area contributed by atoms with Gasteiger partial charge in [-0.2, -0.15) is 0 Å². The van der Waals surface area contributed by atoms with Gasteiger partial charge in [-0.1, -0.05) is 61.8 Å². The number of fused-ring (bicyclic) bond motifs is 1. The van der Waals surface area contributed by atoms with Crippen LogP contribution >= 0.6 is 11.6 Å². The molecule has 12 heteroatoms. The van der Waals surface area contributed by atoms with Crippen LogP contribution in [0.4, 0.5) is 0 Å². The molecule has 0 unspecified atom stereocenters. The largest absolute Gasteiger partial charge is 0.394 e. The third kappa shape index (κ3) is 8.65. The first-order valence-electron chi connectivity index (χ1n) is 17.3. The van der Waals surface area contributed by atoms with E-state index in [9.17, 15) is 30.0 Å². The van der Waals surface area contributed by atoms with Gasteiger partial charge in [0.05, 0.1) is 17.1 Å². The number of amides is 2. The third-order valence-electron chi connectivity index (χ3n) is 9.59. The Morgan fingerprint density at radius 1 is 0.980 bits per heavy atom. The second-order valence-corrected chi connectivity index (χ2v) is 14.8. The van der Waals surface area contributed by atoms with Gasteiger partial charge < -0.3 is 39.9 Å². The van der Waals surface area contributed by atoms with Crippen LogP contribution in [-0.4, -0.2) is 116 Å². The Hall–Kier alpha value is -3.03. The zero-order valence-electron chi connectivity index (χ0n) is 28.9. The number of nitrogens with zero attached hydrogens (tertiary/aromatic N) is 3. The standard InChI is InChI=1S/C37H51ClN4O7/c1-23(2)19-40-15-17-41(18-16-40)36(48)37(3,4)39-30(44)10-5-7-24-11-13-25(14-12-24)20-42-21-27(26-8-6-9-28(38)31(26)42)35-34(47)33(46)32(45)29(22-43)49-35/h6,8-9,11-14,21,23,29,32-35,43,45-47H,5,7,10,15-20,22H2,1-4H3,(H,39,44)/t29-,32-,33+,34-,35+/m1/s1. The quantitative estimate of drug-likeness (QED) is 0.194. The van der Waals surface area contributed by atoms with Crippen molar-refractivity contribution in [2.24, 2.45) is 5.92 Å². The summed E-state index contributed by atoms with van der Waals surface area (Å²) in [6.07, 6.45) is -2.84. The van der Waals surface area contributed by atoms with Crippen LogP contribution in [0.2, 0.25) is 5.02 Å². The molecular formula is C37H51ClN4O7. The predicted molar refractivity (Wildman–Crippen MR) is 188 cm³/mol. The number of carbonyl (C=O) groups is 2. The minimum Gasteiger partial charge on any atom is -0.394 e. The molecule has 2 aromatic carbocycles. The first kappa shape index (κ1) is 37.2. The van der Waals surface area contributed by atoms with E-state index >= 15 is 0 Å². The summed E-state index contributed by atoms with van der Waals surface area (Å²) in [4.78, 5) is 30.3. The van der Waals surface area contributed by atoms with Crippen LogP contribution in [0.3, 0.4) is 0 Å². The Labute approximate surface area is 293 Å². The number of nitrogens with one attached hydrogen (secondary N) is 1. The number of ether oxygens (including phenoxy) is 1. The number of para-hydroxylation sites is 1. The van der Waals surface area contributed by atoms with Crippen molar-refractivity contribution in [1.29, 1.82) is 0 Å². The SMILES string of the molecule is CC(C)CN1CCN(C(=O)C(C)(C)NC(=O)CCCc2ccc(Cn3cc([C@@H]4O[C@H](CO)[C@@H](O)[C@H](O)[C@H]4O)c4cccc(Cl)c43)cc2)CC1. The van der Waals surface area contributed by atoms with Gasteiger partial charge in [0.1, 0.15) is 36.1 Å². The van der Waals surface area contributed by atoms with Crippen LogP contribution in [0.15, 0.2) is 48.7 Å². The molecular weight excluding hydrogens is 648 g/mol. The highest BCUT2D eigenvalue weighted by Gasteiger charge is 2.45. The second kappa shape index (κ2) is 15.9. The van der Waals surface area contributed by atoms with Gasteiger partial charge in [-0.15, -0.1) is 0 Å². The van der Waals surface area contributed by atoms with Crippen LogP contribution in [0.5, 0.6) is 0 Å². The van der Waals surface area contributed by atoms with E-state index in [4.69, 9.17) is 16.3 Å². The normalized spacial score (nSPS) is 23.7. The van der Waals surface area contributed by atoms with Crippen LogP contribution < -0.4 is 5.32 Å². The molecule has 49 heavy (non-hydrogen) atoms. The highest BCUT2D eigenvalue weighted by molar-refractivity contribution is 6.35. The van der Waals surface area contributed by atoms with Gasteiger partial charge >= 0.3 is 0 Å². The van der Waals surface area contributed by atoms with Crippen molar-refractivity contribution < 1.29 is 34.8 Å². The van der Waals surface area contributed by atoms with Gasteiger partial charge in [-0.25, -0.2) is 0 Å². The highest BCUT2D eigenvalue weighted by Crippen LogP contribution is 2.39. The number of aliphatic hydroxyl groups excluding tert-OH is 4. The van der Waals surface area contributed by atoms with Gasteiger partial charge in [0.15, 0.2) is 0 Å². The molecule has 1 aromatic heterocycles. The van der Waals surface area contributed by atoms with Gasteiger partial charge in [-0.3, -0.25) is 14.5 Å². The zero-order valence-corrected chi connectivity index (χ0v) is 29.6. The van der Waals surface area contributed by atoms with E-state index in [1.807, 2.05) is 46.0 Å². The fraction of sp³-hybridized carbons (Fsp3) is 0.568. The summed E-state index contributed by atoms with van der Waals surface area (Å²) in [5.74, 6) is 0.406. The maximum atomic E-state index is 13.2. The Balaban J connectivity index is 1.16. The molecule has 0 radical (unpaired) electrons. The lowest BCUT2D eigenvalue weighted by Crippen LogP contribution is -2.59. The molecule has 5 rings (SSSR count). The molecule has 2 saturated heterocycles. The van der Waals surface area contributed by atoms with Crippen molar-refractivity contribution in [2.75, 3.05) is 39.3 Å². The fourth-order valence-electron chi connectivity index (χ4n) is 7.02. The number of halogens is 1. The summed E-state index contributed by atoms with van der Waals surface area (Å²) in [7, 11) is 0. The summed E-state index contributed by atoms with van der Waals surface area (Å²) in [5, 5.41) is 45.4. The molecule has 268 valence electrons. The van der Waals surface area contributed by atoms with Gasteiger partial charge in [0.25, 0.3) is 0 Å². The minimum atomic E-state index is -1.48. The van der Waals surface area contributed by atoms with E-state index in [1.165, 1.54) is 0 Å². The molecule has 3 heterocycles. The monoisotopic (exact) mass is 698 g/mol. The molecule has 3 aromatic rings. The van der Waals surface area contributed by atoms with E-state index in [0.29, 0.717) is 55.4 Å². The molecule has 2 aliphatic heterocycles. The lowest BCUT2D eigenvalue weighted by atomic mass is 9.91. The van der Waals surface area contributed by atoms with E-state index in [1.54, 1.807) is 26.0 Å². The third-order valence-corrected chi connectivity index (χ3v) is 9.90. The van der Waals surface area contributed by atoms with Crippen molar-refractivity contribution in [3.63, 3.8) is 0 Å². The van der Waals surface area contributed by atoms with Crippen LogP contribution in [0.1, 0.15) is 63.3 Å². The minimum absolute atomic E-state index is 0.0438. The number of piperazine rings is 1. The molecule has 11 nitrogen and oxygen atoms in total. The summed E-state index contributed by atoms with van der Waals surface area (Å²) in [5.41, 5.74) is 2.46. The molecule has 0 bridgehead atoms. The first-order valence-corrected chi connectivity index (χ1v) is 17.6. The summed E-state index contributed by atoms with van der Waals surface area (Å²) < 4.78 is 7.82. The number of aliphatic hydroxyl groups is 4. The predicted octanol–water partition coefficient (Wildman–Crippen LogP) is 2.88. The molecule has 5 atom stereocenters. The maximum Gasteiger partial charge on any atom is 0.247 e. The van der Waals surface area contributed by atoms with Gasteiger partial charge in [0, 0.05) is 62.8 Å². The Morgan fingerprint density at radius 2 is 1.65 bits per heavy atom. The van der Waals surface area contributed by atoms with Crippen LogP contribution in [-0.2, 0) is 27.3 Å². The lowest BCUT2D eigenvalue weighted by Gasteiger charge is -2.40. The molecule has 2 amide bonds. The Kier molecular flexibility index (Phi) is 12.1. The average molecular weight is 699 g/mol. The first-order chi connectivity index (χ1) is 23.3. The highest BCUT2D eigenvalue weighted by atomic mass is 35.5. The summed E-state index contributed by atoms with van der Waals surface area (Å²) in [6, 6.07) is 13.5. The van der Waals surface area contributed by atoms with Crippen molar-refractivity contribution in [1.82, 2.24) is 19.7 Å². The van der Waals surface area contributed by atoms with E-state index < -0.39 is 42.7 Å². The van der Waals surface area contributed by atoms with Crippen LogP contribution in [0.25, 0.3) is 10.9 Å². The van der Waals surface area contributed by atoms with Crippen molar-refractivity contribution in [3.05, 3.63) is 70.4 Å². The number of carbonyl (C=O) groups excluding carboxylic acids is 2. The number of aryl methyl sites for hydroxylation is 1. The van der Waals surface area contributed by atoms with Crippen molar-refractivity contribution >= 4 is 34.3 Å². The number of aromatic nitrogens is 1. The van der Waals surface area contributed by atoms with E-state index in [2.05, 4.69) is 24.1 Å². The van der Waals surface area contributed by atoms with Crippen molar-refractivity contribution in [2.45, 2.75) is 89.6 Å². The Morgan fingerprint density at radius 3 is 2.31 bits per heavy atom. The lowest BCUT2D eigenvalue weighted by molar-refractivity contribution is -0.231. The zero-order chi connectivity index (χ0) is 35.5. The number of rotatable bonds is 12. The van der Waals surface area contributed by atoms with Gasteiger partial charge in [-0.05, 0) is 49.8 Å². The Bertz CT molecular complexity index is 1580. The van der Waals surface area contributed by atoms with Crippen LogP contribution in [0, 0.1) is 5.92 Å². The maximum absolute atomic E-state index is 13.2. The van der Waals surface area contributed by atoms with Crippen molar-refractivity contribution in [3.8, 4) is 0 Å². The molecule has 0 saturated carbocycles. The summed E-state index contributed by atoms with van der Waals surface area (Å²) in [6.45, 7) is 12.0. The number of hydrogen-bond acceptors (Lipinski definition) is 8. The molecule has 2 fully saturated rings. The molecule has 5 N–H and O–H groups in total. The summed E-state index contributed by atoms with van der Waals surface area (Å²) >= 11 is 6.64. The van der Waals surface area contributed by atoms with E-state index in [-0.39, 0.29) is 11.8 Å². The fourth-order valence-corrected chi connectivity index (χ4v) is 7.31. The topological polar surface area (TPSA) is 148 Å². The van der Waals surface area contributed by atoms with Gasteiger partial charge in [0.2, 0.25) is 11.8 Å². The average Bonchev–Trinajstić information content (AvgIpc) is 3.43. The molecule has 0 spiro atoms. The number of benzene rings is 2. The smallest absolute Gasteiger partial charge is 0.247 e. The molecule has 0 aliphatic carbocycles. The van der Waals surface area contributed by atoms with E-state index in [0.717, 1.165) is 41.7 Å². The second-order valence-electron chi connectivity index (χ2n) is 14.4. The molecule has 2 aliphatic rings.